The Hall–Kier alpha value is -1.23. The SMILES string of the molecule is O=C(Cc1cccc(F)c1)N1CCS(=O)CC1. The topological polar surface area (TPSA) is 37.4 Å². The molecule has 1 heterocycles. The van der Waals surface area contributed by atoms with Gasteiger partial charge in [-0.2, -0.15) is 0 Å². The maximum atomic E-state index is 12.9. The fraction of sp³-hybridized carbons (Fsp3) is 0.417. The van der Waals surface area contributed by atoms with Gasteiger partial charge in [-0.1, -0.05) is 12.1 Å². The third-order valence-electron chi connectivity index (χ3n) is 2.77. The smallest absolute Gasteiger partial charge is 0.227 e. The highest BCUT2D eigenvalue weighted by Crippen LogP contribution is 2.08. The number of hydrogen-bond acceptors (Lipinski definition) is 2. The maximum Gasteiger partial charge on any atom is 0.227 e. The van der Waals surface area contributed by atoms with Gasteiger partial charge in [-0.05, 0) is 17.7 Å². The second-order valence-electron chi connectivity index (χ2n) is 4.04. The predicted molar refractivity (Wildman–Crippen MR) is 64.6 cm³/mol. The monoisotopic (exact) mass is 255 g/mol. The zero-order chi connectivity index (χ0) is 12.3. The molecule has 2 rings (SSSR count). The summed E-state index contributed by atoms with van der Waals surface area (Å²) in [4.78, 5) is 13.6. The van der Waals surface area contributed by atoms with Gasteiger partial charge < -0.3 is 4.90 Å². The van der Waals surface area contributed by atoms with Gasteiger partial charge in [-0.15, -0.1) is 0 Å². The van der Waals surface area contributed by atoms with E-state index in [1.807, 2.05) is 0 Å². The number of amides is 1. The van der Waals surface area contributed by atoms with Crippen LogP contribution >= 0.6 is 0 Å². The molecule has 1 aliphatic rings. The van der Waals surface area contributed by atoms with Crippen LogP contribution < -0.4 is 0 Å². The zero-order valence-electron chi connectivity index (χ0n) is 9.39. The van der Waals surface area contributed by atoms with E-state index >= 15 is 0 Å². The number of halogens is 1. The van der Waals surface area contributed by atoms with Crippen LogP contribution in [0, 0.1) is 5.82 Å². The van der Waals surface area contributed by atoms with Crippen molar-refractivity contribution in [3.8, 4) is 0 Å². The minimum atomic E-state index is -0.781. The van der Waals surface area contributed by atoms with E-state index in [2.05, 4.69) is 0 Å². The molecule has 1 aliphatic heterocycles. The van der Waals surface area contributed by atoms with Gasteiger partial charge in [-0.25, -0.2) is 4.39 Å². The highest BCUT2D eigenvalue weighted by atomic mass is 32.2. The molecular formula is C12H14FNO2S. The molecule has 0 aliphatic carbocycles. The first-order chi connectivity index (χ1) is 8.15. The van der Waals surface area contributed by atoms with Crippen molar-refractivity contribution in [3.63, 3.8) is 0 Å². The Bertz CT molecular complexity index is 440. The molecule has 0 atom stereocenters. The van der Waals surface area contributed by atoms with Gasteiger partial charge in [0.15, 0.2) is 0 Å². The fourth-order valence-electron chi connectivity index (χ4n) is 1.82. The third kappa shape index (κ3) is 3.36. The number of hydrogen-bond donors (Lipinski definition) is 0. The van der Waals surface area contributed by atoms with Gasteiger partial charge in [0.2, 0.25) is 5.91 Å². The van der Waals surface area contributed by atoms with E-state index in [-0.39, 0.29) is 18.1 Å². The molecule has 3 nitrogen and oxygen atoms in total. The summed E-state index contributed by atoms with van der Waals surface area (Å²) in [5.74, 6) is 0.756. The summed E-state index contributed by atoms with van der Waals surface area (Å²) >= 11 is 0. The summed E-state index contributed by atoms with van der Waals surface area (Å²) in [6, 6.07) is 6.07. The molecule has 0 unspecified atom stereocenters. The van der Waals surface area contributed by atoms with Gasteiger partial charge in [0.1, 0.15) is 5.82 Å². The molecule has 17 heavy (non-hydrogen) atoms. The molecule has 0 bridgehead atoms. The van der Waals surface area contributed by atoms with Crippen LogP contribution in [0.25, 0.3) is 0 Å². The Labute approximate surface area is 102 Å². The molecule has 0 spiro atoms. The standard InChI is InChI=1S/C12H14FNO2S/c13-11-3-1-2-10(8-11)9-12(15)14-4-6-17(16)7-5-14/h1-3,8H,4-7,9H2. The van der Waals surface area contributed by atoms with Crippen LogP contribution in [0.15, 0.2) is 24.3 Å². The largest absolute Gasteiger partial charge is 0.341 e. The first kappa shape index (κ1) is 12.2. The number of nitrogens with zero attached hydrogens (tertiary/aromatic N) is 1. The van der Waals surface area contributed by atoms with Crippen molar-refractivity contribution in [2.45, 2.75) is 6.42 Å². The maximum absolute atomic E-state index is 12.9. The summed E-state index contributed by atoms with van der Waals surface area (Å²) in [5, 5.41) is 0. The molecule has 1 fully saturated rings. The molecule has 1 amide bonds. The number of rotatable bonds is 2. The lowest BCUT2D eigenvalue weighted by molar-refractivity contribution is -0.130. The van der Waals surface area contributed by atoms with Crippen molar-refractivity contribution in [3.05, 3.63) is 35.6 Å². The molecule has 0 saturated carbocycles. The summed E-state index contributed by atoms with van der Waals surface area (Å²) in [7, 11) is -0.781. The predicted octanol–water partition coefficient (Wildman–Crippen LogP) is 0.959. The second-order valence-corrected chi connectivity index (χ2v) is 5.73. The second kappa shape index (κ2) is 5.40. The quantitative estimate of drug-likeness (QED) is 0.789. The lowest BCUT2D eigenvalue weighted by atomic mass is 10.1. The zero-order valence-corrected chi connectivity index (χ0v) is 10.2. The Morgan fingerprint density at radius 1 is 1.35 bits per heavy atom. The van der Waals surface area contributed by atoms with Crippen LogP contribution in [0.5, 0.6) is 0 Å². The Morgan fingerprint density at radius 2 is 2.06 bits per heavy atom. The lowest BCUT2D eigenvalue weighted by Gasteiger charge is -2.26. The van der Waals surface area contributed by atoms with Crippen LogP contribution in [-0.4, -0.2) is 39.6 Å². The van der Waals surface area contributed by atoms with E-state index in [0.717, 1.165) is 0 Å². The summed E-state index contributed by atoms with van der Waals surface area (Å²) in [6.07, 6.45) is 0.213. The van der Waals surface area contributed by atoms with Crippen molar-refractivity contribution in [2.24, 2.45) is 0 Å². The Balaban J connectivity index is 1.95. The number of carbonyl (C=O) groups excluding carboxylic acids is 1. The van der Waals surface area contributed by atoms with Gasteiger partial charge in [0, 0.05) is 35.4 Å². The van der Waals surface area contributed by atoms with E-state index in [1.54, 1.807) is 17.0 Å². The molecule has 1 saturated heterocycles. The first-order valence-corrected chi connectivity index (χ1v) is 7.01. The van der Waals surface area contributed by atoms with Gasteiger partial charge in [-0.3, -0.25) is 9.00 Å². The minimum absolute atomic E-state index is 0.0210. The van der Waals surface area contributed by atoms with Crippen molar-refractivity contribution in [1.82, 2.24) is 4.90 Å². The van der Waals surface area contributed by atoms with Crippen molar-refractivity contribution >= 4 is 16.7 Å². The third-order valence-corrected chi connectivity index (χ3v) is 4.05. The molecule has 0 radical (unpaired) electrons. The highest BCUT2D eigenvalue weighted by Gasteiger charge is 2.19. The van der Waals surface area contributed by atoms with Crippen molar-refractivity contribution in [2.75, 3.05) is 24.6 Å². The highest BCUT2D eigenvalue weighted by molar-refractivity contribution is 7.85. The molecule has 5 heteroatoms. The molecule has 0 N–H and O–H groups in total. The van der Waals surface area contributed by atoms with Crippen molar-refractivity contribution in [1.29, 1.82) is 0 Å². The molecule has 1 aromatic rings. The van der Waals surface area contributed by atoms with Crippen LogP contribution in [0.2, 0.25) is 0 Å². The van der Waals surface area contributed by atoms with Crippen LogP contribution in [0.1, 0.15) is 5.56 Å². The summed E-state index contributed by atoms with van der Waals surface area (Å²) in [6.45, 7) is 1.08. The molecular weight excluding hydrogens is 241 g/mol. The average molecular weight is 255 g/mol. The normalized spacial score (nSPS) is 17.1. The number of benzene rings is 1. The van der Waals surface area contributed by atoms with E-state index in [1.165, 1.54) is 12.1 Å². The molecule has 1 aromatic carbocycles. The van der Waals surface area contributed by atoms with Crippen LogP contribution in [-0.2, 0) is 22.0 Å². The lowest BCUT2D eigenvalue weighted by Crippen LogP contribution is -2.42. The summed E-state index contributed by atoms with van der Waals surface area (Å²) < 4.78 is 24.1. The van der Waals surface area contributed by atoms with Gasteiger partial charge in [0.25, 0.3) is 0 Å². The van der Waals surface area contributed by atoms with E-state index in [4.69, 9.17) is 0 Å². The van der Waals surface area contributed by atoms with Crippen molar-refractivity contribution < 1.29 is 13.4 Å². The molecule has 92 valence electrons. The van der Waals surface area contributed by atoms with Crippen LogP contribution in [0.3, 0.4) is 0 Å². The first-order valence-electron chi connectivity index (χ1n) is 5.52. The Kier molecular flexibility index (Phi) is 3.89. The number of carbonyl (C=O) groups is 1. The average Bonchev–Trinajstić information content (AvgIpc) is 2.29. The molecule has 0 aromatic heterocycles. The fourth-order valence-corrected chi connectivity index (χ4v) is 2.87. The van der Waals surface area contributed by atoms with Gasteiger partial charge in [0.05, 0.1) is 6.42 Å². The van der Waals surface area contributed by atoms with Gasteiger partial charge >= 0.3 is 0 Å². The van der Waals surface area contributed by atoms with E-state index in [9.17, 15) is 13.4 Å². The van der Waals surface area contributed by atoms with E-state index in [0.29, 0.717) is 30.2 Å². The Morgan fingerprint density at radius 3 is 2.71 bits per heavy atom. The minimum Gasteiger partial charge on any atom is -0.341 e. The van der Waals surface area contributed by atoms with Crippen LogP contribution in [0.4, 0.5) is 4.39 Å². The summed E-state index contributed by atoms with van der Waals surface area (Å²) in [5.41, 5.74) is 0.682. The van der Waals surface area contributed by atoms with E-state index < -0.39 is 10.8 Å².